The van der Waals surface area contributed by atoms with E-state index in [0.29, 0.717) is 26.1 Å². The van der Waals surface area contributed by atoms with Crippen molar-refractivity contribution in [1.29, 1.82) is 0 Å². The van der Waals surface area contributed by atoms with Gasteiger partial charge in [0, 0.05) is 31.6 Å². The van der Waals surface area contributed by atoms with Crippen molar-refractivity contribution < 1.29 is 9.59 Å². The Morgan fingerprint density at radius 1 is 1.15 bits per heavy atom. The Hall–Kier alpha value is -1.88. The van der Waals surface area contributed by atoms with E-state index in [1.54, 1.807) is 0 Å². The van der Waals surface area contributed by atoms with Crippen LogP contribution in [0.3, 0.4) is 0 Å². The number of nitrogens with one attached hydrogen (secondary N) is 1. The fraction of sp³-hybridized carbons (Fsp3) is 0.636. The lowest BCUT2D eigenvalue weighted by Crippen LogP contribution is -2.54. The van der Waals surface area contributed by atoms with Crippen molar-refractivity contribution >= 4 is 11.8 Å². The lowest BCUT2D eigenvalue weighted by molar-refractivity contribution is -0.129. The van der Waals surface area contributed by atoms with Gasteiger partial charge < -0.3 is 10.2 Å². The summed E-state index contributed by atoms with van der Waals surface area (Å²) in [5.41, 5.74) is 2.28. The number of likely N-dealkylation sites (tertiary alicyclic amines) is 2. The van der Waals surface area contributed by atoms with Crippen LogP contribution in [0.2, 0.25) is 0 Å². The minimum Gasteiger partial charge on any atom is -0.354 e. The first-order chi connectivity index (χ1) is 12.8. The number of hydrogen-bond acceptors (Lipinski definition) is 3. The molecule has 0 saturated carbocycles. The second-order valence-electron chi connectivity index (χ2n) is 8.74. The number of amides is 2. The summed E-state index contributed by atoms with van der Waals surface area (Å²) >= 11 is 0. The Balaban J connectivity index is 1.50. The fourth-order valence-corrected chi connectivity index (χ4v) is 4.07. The van der Waals surface area contributed by atoms with Crippen LogP contribution in [0.4, 0.5) is 0 Å². The van der Waals surface area contributed by atoms with Gasteiger partial charge in [0.1, 0.15) is 0 Å². The smallest absolute Gasteiger partial charge is 0.225 e. The van der Waals surface area contributed by atoms with Gasteiger partial charge in [0.25, 0.3) is 0 Å². The van der Waals surface area contributed by atoms with Crippen LogP contribution >= 0.6 is 0 Å². The molecule has 2 saturated heterocycles. The molecule has 1 unspecified atom stereocenters. The summed E-state index contributed by atoms with van der Waals surface area (Å²) < 4.78 is 0. The van der Waals surface area contributed by atoms with Crippen LogP contribution in [-0.4, -0.2) is 53.3 Å². The zero-order valence-electron chi connectivity index (χ0n) is 17.0. The van der Waals surface area contributed by atoms with Crippen LogP contribution in [0, 0.1) is 12.8 Å². The lowest BCUT2D eigenvalue weighted by Gasteiger charge is -2.41. The lowest BCUT2D eigenvalue weighted by atomic mass is 9.98. The van der Waals surface area contributed by atoms with Gasteiger partial charge in [-0.1, -0.05) is 36.2 Å². The molecule has 1 aromatic carbocycles. The summed E-state index contributed by atoms with van der Waals surface area (Å²) in [7, 11) is 0. The van der Waals surface area contributed by atoms with E-state index in [-0.39, 0.29) is 23.3 Å². The number of rotatable bonds is 6. The first-order valence-electron chi connectivity index (χ1n) is 10.2. The van der Waals surface area contributed by atoms with E-state index in [4.69, 9.17) is 0 Å². The minimum absolute atomic E-state index is 0.0137. The highest BCUT2D eigenvalue weighted by Gasteiger charge is 2.35. The quantitative estimate of drug-likeness (QED) is 0.837. The summed E-state index contributed by atoms with van der Waals surface area (Å²) in [6.45, 7) is 10.4. The monoisotopic (exact) mass is 371 g/mol. The van der Waals surface area contributed by atoms with E-state index < -0.39 is 0 Å². The standard InChI is InChI=1S/C22H33N3O2/c1-17-7-9-18(10-8-17)14-24-15-19(13-20(24)26)21(27)23-16-22(2,3)25-11-5-4-6-12-25/h7-10,19H,4-6,11-16H2,1-3H3,(H,23,27). The van der Waals surface area contributed by atoms with Crippen LogP contribution in [0.25, 0.3) is 0 Å². The van der Waals surface area contributed by atoms with Gasteiger partial charge in [0.15, 0.2) is 0 Å². The molecule has 1 aromatic rings. The van der Waals surface area contributed by atoms with Gasteiger partial charge in [-0.15, -0.1) is 0 Å². The molecule has 5 heteroatoms. The highest BCUT2D eigenvalue weighted by Crippen LogP contribution is 2.22. The number of nitrogens with zero attached hydrogens (tertiary/aromatic N) is 2. The summed E-state index contributed by atoms with van der Waals surface area (Å²) in [6.07, 6.45) is 4.10. The van der Waals surface area contributed by atoms with E-state index >= 15 is 0 Å². The highest BCUT2D eigenvalue weighted by molar-refractivity contribution is 5.89. The van der Waals surface area contributed by atoms with E-state index in [0.717, 1.165) is 18.7 Å². The molecular weight excluding hydrogens is 338 g/mol. The Labute approximate surface area is 163 Å². The largest absolute Gasteiger partial charge is 0.354 e. The Morgan fingerprint density at radius 2 is 1.81 bits per heavy atom. The average molecular weight is 372 g/mol. The van der Waals surface area contributed by atoms with E-state index in [1.807, 2.05) is 4.90 Å². The molecule has 2 aliphatic rings. The minimum atomic E-state index is -0.236. The van der Waals surface area contributed by atoms with Gasteiger partial charge in [-0.25, -0.2) is 0 Å². The molecule has 27 heavy (non-hydrogen) atoms. The fourth-order valence-electron chi connectivity index (χ4n) is 4.07. The van der Waals surface area contributed by atoms with Crippen molar-refractivity contribution in [3.63, 3.8) is 0 Å². The van der Waals surface area contributed by atoms with Gasteiger partial charge in [-0.05, 0) is 52.3 Å². The maximum Gasteiger partial charge on any atom is 0.225 e. The second-order valence-corrected chi connectivity index (χ2v) is 8.74. The van der Waals surface area contributed by atoms with E-state index in [9.17, 15) is 9.59 Å². The normalized spacial score (nSPS) is 21.5. The third-order valence-corrected chi connectivity index (χ3v) is 5.99. The first-order valence-corrected chi connectivity index (χ1v) is 10.2. The number of benzene rings is 1. The third kappa shape index (κ3) is 5.10. The second kappa shape index (κ2) is 8.42. The zero-order valence-corrected chi connectivity index (χ0v) is 17.0. The molecule has 0 spiro atoms. The van der Waals surface area contributed by atoms with E-state index in [2.05, 4.69) is 55.3 Å². The van der Waals surface area contributed by atoms with Crippen molar-refractivity contribution in [2.75, 3.05) is 26.2 Å². The summed E-state index contributed by atoms with van der Waals surface area (Å²) in [5, 5.41) is 3.12. The maximum atomic E-state index is 12.7. The van der Waals surface area contributed by atoms with Crippen LogP contribution in [0.15, 0.2) is 24.3 Å². The van der Waals surface area contributed by atoms with Gasteiger partial charge >= 0.3 is 0 Å². The molecule has 0 radical (unpaired) electrons. The van der Waals surface area contributed by atoms with Crippen molar-refractivity contribution in [3.8, 4) is 0 Å². The molecule has 1 atom stereocenters. The highest BCUT2D eigenvalue weighted by atomic mass is 16.2. The number of hydrogen-bond donors (Lipinski definition) is 1. The molecule has 2 heterocycles. The van der Waals surface area contributed by atoms with Crippen LogP contribution in [0.1, 0.15) is 50.7 Å². The molecule has 2 amide bonds. The summed E-state index contributed by atoms with van der Waals surface area (Å²) in [5.74, 6) is -0.147. The Kier molecular flexibility index (Phi) is 6.20. The molecule has 5 nitrogen and oxygen atoms in total. The SMILES string of the molecule is Cc1ccc(CN2CC(C(=O)NCC(C)(C)N3CCCCC3)CC2=O)cc1. The van der Waals surface area contributed by atoms with Crippen LogP contribution in [-0.2, 0) is 16.1 Å². The first kappa shape index (κ1) is 19.9. The van der Waals surface area contributed by atoms with Gasteiger partial charge in [-0.3, -0.25) is 14.5 Å². The zero-order chi connectivity index (χ0) is 19.4. The van der Waals surface area contributed by atoms with Gasteiger partial charge in [0.2, 0.25) is 11.8 Å². The summed E-state index contributed by atoms with van der Waals surface area (Å²) in [6, 6.07) is 8.22. The number of piperidine rings is 1. The van der Waals surface area contributed by atoms with Crippen molar-refractivity contribution in [2.24, 2.45) is 5.92 Å². The molecule has 2 aliphatic heterocycles. The molecule has 0 aliphatic carbocycles. The number of carbonyl (C=O) groups excluding carboxylic acids is 2. The molecule has 2 fully saturated rings. The van der Waals surface area contributed by atoms with Gasteiger partial charge in [0.05, 0.1) is 5.92 Å². The van der Waals surface area contributed by atoms with Crippen molar-refractivity contribution in [2.45, 2.75) is 58.5 Å². The molecular formula is C22H33N3O2. The molecule has 3 rings (SSSR count). The predicted molar refractivity (Wildman–Crippen MR) is 107 cm³/mol. The average Bonchev–Trinajstić information content (AvgIpc) is 3.03. The Morgan fingerprint density at radius 3 is 2.48 bits per heavy atom. The Bertz CT molecular complexity index is 663. The molecule has 0 bridgehead atoms. The summed E-state index contributed by atoms with van der Waals surface area (Å²) in [4.78, 5) is 29.3. The maximum absolute atomic E-state index is 12.7. The van der Waals surface area contributed by atoms with Crippen molar-refractivity contribution in [3.05, 3.63) is 35.4 Å². The predicted octanol–water partition coefficient (Wildman–Crippen LogP) is 2.72. The third-order valence-electron chi connectivity index (χ3n) is 5.99. The number of aryl methyl sites for hydroxylation is 1. The topological polar surface area (TPSA) is 52.7 Å². The van der Waals surface area contributed by atoms with Crippen LogP contribution in [0.5, 0.6) is 0 Å². The van der Waals surface area contributed by atoms with Crippen molar-refractivity contribution in [1.82, 2.24) is 15.1 Å². The molecule has 148 valence electrons. The van der Waals surface area contributed by atoms with Gasteiger partial charge in [-0.2, -0.15) is 0 Å². The number of carbonyl (C=O) groups is 2. The van der Waals surface area contributed by atoms with Crippen LogP contribution < -0.4 is 5.32 Å². The van der Waals surface area contributed by atoms with E-state index in [1.165, 1.54) is 24.8 Å². The molecule has 0 aromatic heterocycles. The molecule has 1 N–H and O–H groups in total.